The highest BCUT2D eigenvalue weighted by molar-refractivity contribution is 7.99. The van der Waals surface area contributed by atoms with E-state index >= 15 is 0 Å². The molecule has 2 aromatic rings. The van der Waals surface area contributed by atoms with Gasteiger partial charge < -0.3 is 5.32 Å². The van der Waals surface area contributed by atoms with Crippen LogP contribution in [-0.2, 0) is 16.3 Å². The average molecular weight is 435 g/mol. The highest BCUT2D eigenvalue weighted by Gasteiger charge is 2.07. The summed E-state index contributed by atoms with van der Waals surface area (Å²) in [5, 5.41) is 4.95. The zero-order valence-electron chi connectivity index (χ0n) is 13.4. The highest BCUT2D eigenvalue weighted by Crippen LogP contribution is 2.28. The molecule has 0 aliphatic heterocycles. The number of hydrogen-bond acceptors (Lipinski definition) is 3. The fourth-order valence-corrected chi connectivity index (χ4v) is 4.66. The van der Waals surface area contributed by atoms with Gasteiger partial charge in [0, 0.05) is 38.9 Å². The zero-order chi connectivity index (χ0) is 18.1. The van der Waals surface area contributed by atoms with E-state index in [9.17, 15) is 4.79 Å². The Morgan fingerprint density at radius 1 is 0.960 bits per heavy atom. The van der Waals surface area contributed by atoms with Crippen molar-refractivity contribution in [2.24, 2.45) is 0 Å². The molecular weight excluding hydrogens is 417 g/mol. The molecule has 0 atom stereocenters. The van der Waals surface area contributed by atoms with E-state index < -0.39 is 0 Å². The largest absolute Gasteiger partial charge is 0.355 e. The van der Waals surface area contributed by atoms with Crippen molar-refractivity contribution in [3.8, 4) is 0 Å². The molecule has 7 heteroatoms. The molecule has 0 aliphatic rings. The molecule has 2 aromatic carbocycles. The molecule has 0 fully saturated rings. The van der Waals surface area contributed by atoms with Gasteiger partial charge in [0.15, 0.2) is 0 Å². The van der Waals surface area contributed by atoms with Gasteiger partial charge in [-0.15, -0.1) is 11.8 Å². The van der Waals surface area contributed by atoms with Gasteiger partial charge in [-0.25, -0.2) is 0 Å². The summed E-state index contributed by atoms with van der Waals surface area (Å²) in [5.74, 6) is 2.78. The van der Waals surface area contributed by atoms with E-state index in [-0.39, 0.29) is 5.91 Å². The first-order valence-corrected chi connectivity index (χ1v) is 11.1. The maximum absolute atomic E-state index is 11.9. The van der Waals surface area contributed by atoms with Gasteiger partial charge in [-0.05, 0) is 35.4 Å². The Morgan fingerprint density at radius 2 is 1.68 bits per heavy atom. The van der Waals surface area contributed by atoms with E-state index in [4.69, 9.17) is 34.8 Å². The topological polar surface area (TPSA) is 29.1 Å². The molecule has 0 bridgehead atoms. The van der Waals surface area contributed by atoms with Gasteiger partial charge >= 0.3 is 0 Å². The van der Waals surface area contributed by atoms with Crippen molar-refractivity contribution >= 4 is 64.2 Å². The van der Waals surface area contributed by atoms with Crippen LogP contribution in [-0.4, -0.2) is 24.0 Å². The molecule has 1 N–H and O–H groups in total. The Hall–Kier alpha value is -0.520. The number of nitrogens with one attached hydrogen (secondary N) is 1. The monoisotopic (exact) mass is 433 g/mol. The smallest absolute Gasteiger partial charge is 0.230 e. The summed E-state index contributed by atoms with van der Waals surface area (Å²) in [6.45, 7) is 0.650. The molecule has 25 heavy (non-hydrogen) atoms. The van der Waals surface area contributed by atoms with Gasteiger partial charge in [-0.1, -0.05) is 53.0 Å². The third-order valence-corrected chi connectivity index (χ3v) is 6.20. The lowest BCUT2D eigenvalue weighted by Gasteiger charge is -2.08. The van der Waals surface area contributed by atoms with Crippen LogP contribution in [0.5, 0.6) is 0 Å². The van der Waals surface area contributed by atoms with Crippen LogP contribution in [0.4, 0.5) is 0 Å². The summed E-state index contributed by atoms with van der Waals surface area (Å²) in [6, 6.07) is 13.2. The molecule has 0 aromatic heterocycles. The van der Waals surface area contributed by atoms with Gasteiger partial charge in [-0.2, -0.15) is 11.8 Å². The third-order valence-electron chi connectivity index (χ3n) is 3.27. The standard InChI is InChI=1S/C18H18Cl3NOS2/c19-14-4-1-3-13(9-14)10-24-8-7-22-18(23)12-25-11-15-16(20)5-2-6-17(15)21/h1-6,9H,7-8,10-12H2,(H,22,23). The van der Waals surface area contributed by atoms with Crippen molar-refractivity contribution < 1.29 is 4.79 Å². The van der Waals surface area contributed by atoms with Crippen molar-refractivity contribution in [2.45, 2.75) is 11.5 Å². The maximum atomic E-state index is 11.9. The first kappa shape index (κ1) is 20.8. The van der Waals surface area contributed by atoms with Gasteiger partial charge in [-0.3, -0.25) is 4.79 Å². The molecule has 0 aliphatic carbocycles. The van der Waals surface area contributed by atoms with Gasteiger partial charge in [0.1, 0.15) is 0 Å². The van der Waals surface area contributed by atoms with E-state index in [2.05, 4.69) is 5.32 Å². The lowest BCUT2D eigenvalue weighted by Crippen LogP contribution is -2.27. The molecule has 0 saturated heterocycles. The number of hydrogen-bond donors (Lipinski definition) is 1. The van der Waals surface area contributed by atoms with Crippen molar-refractivity contribution in [3.05, 3.63) is 68.7 Å². The van der Waals surface area contributed by atoms with E-state index in [0.29, 0.717) is 28.1 Å². The molecule has 0 spiro atoms. The van der Waals surface area contributed by atoms with Gasteiger partial charge in [0.25, 0.3) is 0 Å². The summed E-state index contributed by atoms with van der Waals surface area (Å²) in [6.07, 6.45) is 0. The van der Waals surface area contributed by atoms with Crippen molar-refractivity contribution in [1.29, 1.82) is 0 Å². The number of rotatable bonds is 9. The predicted molar refractivity (Wildman–Crippen MR) is 113 cm³/mol. The highest BCUT2D eigenvalue weighted by atomic mass is 35.5. The predicted octanol–water partition coefficient (Wildman–Crippen LogP) is 5.93. The second-order valence-electron chi connectivity index (χ2n) is 5.23. The minimum absolute atomic E-state index is 0.0246. The molecule has 0 heterocycles. The Bertz CT molecular complexity index is 692. The fraction of sp³-hybridized carbons (Fsp3) is 0.278. The molecule has 0 saturated carbocycles. The second-order valence-corrected chi connectivity index (χ2v) is 8.57. The maximum Gasteiger partial charge on any atom is 0.230 e. The quantitative estimate of drug-likeness (QED) is 0.496. The van der Waals surface area contributed by atoms with Crippen molar-refractivity contribution in [3.63, 3.8) is 0 Å². The Labute approximate surface area is 172 Å². The number of carbonyl (C=O) groups excluding carboxylic acids is 1. The van der Waals surface area contributed by atoms with Crippen LogP contribution in [0.3, 0.4) is 0 Å². The van der Waals surface area contributed by atoms with Crippen LogP contribution in [0.15, 0.2) is 42.5 Å². The van der Waals surface area contributed by atoms with Crippen LogP contribution in [0.1, 0.15) is 11.1 Å². The first-order valence-electron chi connectivity index (χ1n) is 7.66. The normalized spacial score (nSPS) is 10.7. The van der Waals surface area contributed by atoms with E-state index in [1.807, 2.05) is 30.3 Å². The zero-order valence-corrected chi connectivity index (χ0v) is 17.3. The number of halogens is 3. The molecule has 134 valence electrons. The summed E-state index contributed by atoms with van der Waals surface area (Å²) in [5.41, 5.74) is 2.07. The summed E-state index contributed by atoms with van der Waals surface area (Å²) in [4.78, 5) is 11.9. The third kappa shape index (κ3) is 7.71. The minimum Gasteiger partial charge on any atom is -0.355 e. The SMILES string of the molecule is O=C(CSCc1c(Cl)cccc1Cl)NCCSCc1cccc(Cl)c1. The van der Waals surface area contributed by atoms with E-state index in [0.717, 1.165) is 22.1 Å². The van der Waals surface area contributed by atoms with Crippen LogP contribution >= 0.6 is 58.3 Å². The Morgan fingerprint density at radius 3 is 2.40 bits per heavy atom. The van der Waals surface area contributed by atoms with Crippen LogP contribution in [0.2, 0.25) is 15.1 Å². The first-order chi connectivity index (χ1) is 12.1. The van der Waals surface area contributed by atoms with Crippen molar-refractivity contribution in [2.75, 3.05) is 18.1 Å². The Balaban J connectivity index is 1.58. The van der Waals surface area contributed by atoms with Gasteiger partial charge in [0.05, 0.1) is 5.75 Å². The average Bonchev–Trinajstić information content (AvgIpc) is 2.57. The lowest BCUT2D eigenvalue weighted by atomic mass is 10.2. The number of carbonyl (C=O) groups is 1. The second kappa shape index (κ2) is 11.2. The summed E-state index contributed by atoms with van der Waals surface area (Å²) < 4.78 is 0. The summed E-state index contributed by atoms with van der Waals surface area (Å²) in [7, 11) is 0. The molecule has 1 amide bonds. The fourth-order valence-electron chi connectivity index (χ4n) is 2.05. The lowest BCUT2D eigenvalue weighted by molar-refractivity contribution is -0.118. The Kier molecular flexibility index (Phi) is 9.35. The molecule has 0 radical (unpaired) electrons. The van der Waals surface area contributed by atoms with E-state index in [1.54, 1.807) is 23.9 Å². The van der Waals surface area contributed by atoms with Crippen LogP contribution in [0.25, 0.3) is 0 Å². The number of amides is 1. The molecular formula is C18H18Cl3NOS2. The van der Waals surface area contributed by atoms with Gasteiger partial charge in [0.2, 0.25) is 5.91 Å². The number of thioether (sulfide) groups is 2. The molecule has 2 rings (SSSR count). The minimum atomic E-state index is 0.0246. The molecule has 0 unspecified atom stereocenters. The summed E-state index contributed by atoms with van der Waals surface area (Å²) >= 11 is 21.5. The van der Waals surface area contributed by atoms with Crippen LogP contribution < -0.4 is 5.32 Å². The van der Waals surface area contributed by atoms with Crippen molar-refractivity contribution in [1.82, 2.24) is 5.32 Å². The van der Waals surface area contributed by atoms with E-state index in [1.165, 1.54) is 17.3 Å². The molecule has 2 nitrogen and oxygen atoms in total. The van der Waals surface area contributed by atoms with Crippen LogP contribution in [0, 0.1) is 0 Å². The number of benzene rings is 2.